The van der Waals surface area contributed by atoms with E-state index < -0.39 is 0 Å². The summed E-state index contributed by atoms with van der Waals surface area (Å²) in [6.07, 6.45) is 0. The molecule has 1 heterocycles. The highest BCUT2D eigenvalue weighted by atomic mass is 32.1. The molecule has 0 bridgehead atoms. The number of thiocarbonyl (C=S) groups is 1. The normalized spacial score (nSPS) is 14.4. The van der Waals surface area contributed by atoms with Gasteiger partial charge in [-0.3, -0.25) is 0 Å². The van der Waals surface area contributed by atoms with E-state index in [1.54, 1.807) is 12.1 Å². The molecule has 0 aliphatic carbocycles. The number of anilines is 2. The first kappa shape index (κ1) is 21.1. The maximum atomic E-state index is 11.8. The molecule has 0 atom stereocenters. The molecule has 29 heavy (non-hydrogen) atoms. The van der Waals surface area contributed by atoms with Crippen molar-refractivity contribution < 1.29 is 9.53 Å². The minimum absolute atomic E-state index is 0.356. The molecule has 6 nitrogen and oxygen atoms in total. The van der Waals surface area contributed by atoms with Crippen molar-refractivity contribution in [1.82, 2.24) is 10.2 Å². The fraction of sp³-hybridized carbons (Fsp3) is 0.364. The molecule has 0 amide bonds. The SMILES string of the molecule is COC(=O)c1cccc(NC(=S)NCc2ccc(N3CCN(C)CC3)cc2)c1C. The lowest BCUT2D eigenvalue weighted by atomic mass is 10.1. The molecule has 7 heteroatoms. The lowest BCUT2D eigenvalue weighted by molar-refractivity contribution is 0.0600. The Morgan fingerprint density at radius 2 is 1.79 bits per heavy atom. The standard InChI is InChI=1S/C22H28N4O2S/c1-16-19(21(27)28-3)5-4-6-20(16)24-22(29)23-15-17-7-9-18(10-8-17)26-13-11-25(2)12-14-26/h4-10H,11-15H2,1-3H3,(H2,23,24,29). The van der Waals surface area contributed by atoms with Crippen LogP contribution in [0, 0.1) is 6.92 Å². The van der Waals surface area contributed by atoms with E-state index in [2.05, 4.69) is 51.7 Å². The highest BCUT2D eigenvalue weighted by Crippen LogP contribution is 2.20. The molecular formula is C22H28N4O2S. The molecule has 0 saturated carbocycles. The topological polar surface area (TPSA) is 56.8 Å². The number of carbonyl (C=O) groups is 1. The molecule has 0 spiro atoms. The number of piperazine rings is 1. The Hall–Kier alpha value is -2.64. The molecule has 2 aromatic carbocycles. The lowest BCUT2D eigenvalue weighted by Gasteiger charge is -2.34. The van der Waals surface area contributed by atoms with Gasteiger partial charge >= 0.3 is 5.97 Å². The molecule has 0 radical (unpaired) electrons. The first-order chi connectivity index (χ1) is 14.0. The third kappa shape index (κ3) is 5.46. The zero-order valence-electron chi connectivity index (χ0n) is 17.2. The fourth-order valence-electron chi connectivity index (χ4n) is 3.34. The third-order valence-electron chi connectivity index (χ3n) is 5.25. The van der Waals surface area contributed by atoms with Crippen molar-refractivity contribution in [2.24, 2.45) is 0 Å². The first-order valence-corrected chi connectivity index (χ1v) is 10.1. The second-order valence-electron chi connectivity index (χ2n) is 7.23. The van der Waals surface area contributed by atoms with Crippen molar-refractivity contribution in [3.05, 3.63) is 59.2 Å². The van der Waals surface area contributed by atoms with Crippen LogP contribution in [-0.2, 0) is 11.3 Å². The predicted octanol–water partition coefficient (Wildman–Crippen LogP) is 3.02. The summed E-state index contributed by atoms with van der Waals surface area (Å²) >= 11 is 5.42. The van der Waals surface area contributed by atoms with Crippen molar-refractivity contribution >= 4 is 34.7 Å². The Morgan fingerprint density at radius 1 is 1.10 bits per heavy atom. The summed E-state index contributed by atoms with van der Waals surface area (Å²) < 4.78 is 4.82. The summed E-state index contributed by atoms with van der Waals surface area (Å²) in [5, 5.41) is 6.90. The molecule has 0 aromatic heterocycles. The van der Waals surface area contributed by atoms with Gasteiger partial charge in [-0.15, -0.1) is 0 Å². The fourth-order valence-corrected chi connectivity index (χ4v) is 3.52. The first-order valence-electron chi connectivity index (χ1n) is 9.73. The number of nitrogens with one attached hydrogen (secondary N) is 2. The van der Waals surface area contributed by atoms with Crippen molar-refractivity contribution in [2.75, 3.05) is 50.6 Å². The van der Waals surface area contributed by atoms with Crippen LogP contribution in [0.5, 0.6) is 0 Å². The summed E-state index contributed by atoms with van der Waals surface area (Å²) in [6.45, 7) is 6.82. The summed E-state index contributed by atoms with van der Waals surface area (Å²) in [6, 6.07) is 14.0. The van der Waals surface area contributed by atoms with Gasteiger partial charge in [0.2, 0.25) is 0 Å². The number of esters is 1. The average Bonchev–Trinajstić information content (AvgIpc) is 2.74. The van der Waals surface area contributed by atoms with E-state index in [0.29, 0.717) is 17.2 Å². The predicted molar refractivity (Wildman–Crippen MR) is 122 cm³/mol. The second-order valence-corrected chi connectivity index (χ2v) is 7.64. The van der Waals surface area contributed by atoms with E-state index in [0.717, 1.165) is 43.0 Å². The van der Waals surface area contributed by atoms with Gasteiger partial charge in [-0.05, 0) is 61.6 Å². The van der Waals surface area contributed by atoms with Gasteiger partial charge in [-0.2, -0.15) is 0 Å². The Morgan fingerprint density at radius 3 is 2.45 bits per heavy atom. The number of hydrogen-bond acceptors (Lipinski definition) is 5. The monoisotopic (exact) mass is 412 g/mol. The Bertz CT molecular complexity index is 862. The van der Waals surface area contributed by atoms with Crippen LogP contribution in [0.25, 0.3) is 0 Å². The van der Waals surface area contributed by atoms with Crippen LogP contribution in [0.3, 0.4) is 0 Å². The minimum atomic E-state index is -0.356. The van der Waals surface area contributed by atoms with Gasteiger partial charge in [0.15, 0.2) is 5.11 Å². The summed E-state index contributed by atoms with van der Waals surface area (Å²) in [4.78, 5) is 16.6. The van der Waals surface area contributed by atoms with Crippen molar-refractivity contribution in [1.29, 1.82) is 0 Å². The van der Waals surface area contributed by atoms with E-state index in [1.807, 2.05) is 13.0 Å². The Balaban J connectivity index is 1.54. The van der Waals surface area contributed by atoms with Crippen LogP contribution in [0.4, 0.5) is 11.4 Å². The molecule has 0 unspecified atom stereocenters. The van der Waals surface area contributed by atoms with Gasteiger partial charge in [0.05, 0.1) is 12.7 Å². The van der Waals surface area contributed by atoms with Gasteiger partial charge in [0.25, 0.3) is 0 Å². The Labute approximate surface area is 177 Å². The number of hydrogen-bond donors (Lipinski definition) is 2. The van der Waals surface area contributed by atoms with E-state index in [1.165, 1.54) is 12.8 Å². The van der Waals surface area contributed by atoms with Gasteiger partial charge in [-0.25, -0.2) is 4.79 Å². The van der Waals surface area contributed by atoms with E-state index >= 15 is 0 Å². The van der Waals surface area contributed by atoms with Crippen molar-refractivity contribution in [2.45, 2.75) is 13.5 Å². The minimum Gasteiger partial charge on any atom is -0.465 e. The molecule has 2 aromatic rings. The maximum Gasteiger partial charge on any atom is 0.338 e. The van der Waals surface area contributed by atoms with E-state index in [9.17, 15) is 4.79 Å². The lowest BCUT2D eigenvalue weighted by Crippen LogP contribution is -2.44. The van der Waals surface area contributed by atoms with Crippen molar-refractivity contribution in [3.63, 3.8) is 0 Å². The van der Waals surface area contributed by atoms with Gasteiger partial charge in [0.1, 0.15) is 0 Å². The zero-order chi connectivity index (χ0) is 20.8. The summed E-state index contributed by atoms with van der Waals surface area (Å²) in [5.41, 5.74) is 4.54. The van der Waals surface area contributed by atoms with E-state index in [4.69, 9.17) is 17.0 Å². The molecule has 1 fully saturated rings. The van der Waals surface area contributed by atoms with Crippen LogP contribution >= 0.6 is 12.2 Å². The quantitative estimate of drug-likeness (QED) is 0.578. The van der Waals surface area contributed by atoms with Gasteiger partial charge in [0, 0.05) is 44.1 Å². The largest absolute Gasteiger partial charge is 0.465 e. The molecule has 1 saturated heterocycles. The summed E-state index contributed by atoms with van der Waals surface area (Å²) in [7, 11) is 3.54. The van der Waals surface area contributed by atoms with Gasteiger partial charge < -0.3 is 25.2 Å². The number of rotatable bonds is 5. The molecular weight excluding hydrogens is 384 g/mol. The number of likely N-dealkylation sites (N-methyl/N-ethyl adjacent to an activating group) is 1. The van der Waals surface area contributed by atoms with Crippen LogP contribution in [0.1, 0.15) is 21.5 Å². The van der Waals surface area contributed by atoms with Crippen LogP contribution < -0.4 is 15.5 Å². The van der Waals surface area contributed by atoms with Crippen LogP contribution in [-0.4, -0.2) is 56.3 Å². The average molecular weight is 413 g/mol. The second kappa shape index (κ2) is 9.71. The van der Waals surface area contributed by atoms with Crippen LogP contribution in [0.15, 0.2) is 42.5 Å². The molecule has 2 N–H and O–H groups in total. The number of nitrogens with zero attached hydrogens (tertiary/aromatic N) is 2. The third-order valence-corrected chi connectivity index (χ3v) is 5.49. The molecule has 1 aliphatic heterocycles. The highest BCUT2D eigenvalue weighted by Gasteiger charge is 2.14. The van der Waals surface area contributed by atoms with Gasteiger partial charge in [-0.1, -0.05) is 18.2 Å². The van der Waals surface area contributed by atoms with E-state index in [-0.39, 0.29) is 5.97 Å². The molecule has 154 valence electrons. The van der Waals surface area contributed by atoms with Crippen LogP contribution in [0.2, 0.25) is 0 Å². The molecule has 3 rings (SSSR count). The highest BCUT2D eigenvalue weighted by molar-refractivity contribution is 7.80. The number of carbonyl (C=O) groups excluding carboxylic acids is 1. The number of benzene rings is 2. The molecule has 1 aliphatic rings. The van der Waals surface area contributed by atoms with Crippen molar-refractivity contribution in [3.8, 4) is 0 Å². The summed E-state index contributed by atoms with van der Waals surface area (Å²) in [5.74, 6) is -0.356. The maximum absolute atomic E-state index is 11.8. The Kier molecular flexibility index (Phi) is 7.06. The smallest absolute Gasteiger partial charge is 0.338 e. The number of methoxy groups -OCH3 is 1. The zero-order valence-corrected chi connectivity index (χ0v) is 18.0. The number of ether oxygens (including phenoxy) is 1.